The maximum absolute atomic E-state index is 11.7. The van der Waals surface area contributed by atoms with E-state index in [9.17, 15) is 4.79 Å². The van der Waals surface area contributed by atoms with Crippen molar-refractivity contribution in [2.75, 3.05) is 13.1 Å². The number of nitrogens with zero attached hydrogens (tertiary/aromatic N) is 1. The molecule has 0 aromatic heterocycles. The van der Waals surface area contributed by atoms with Gasteiger partial charge in [0.2, 0.25) is 5.91 Å². The van der Waals surface area contributed by atoms with Crippen molar-refractivity contribution < 1.29 is 4.79 Å². The van der Waals surface area contributed by atoms with Crippen molar-refractivity contribution in [1.82, 2.24) is 10.2 Å². The van der Waals surface area contributed by atoms with Gasteiger partial charge in [0.25, 0.3) is 0 Å². The molecule has 2 fully saturated rings. The lowest BCUT2D eigenvalue weighted by molar-refractivity contribution is -0.130. The highest BCUT2D eigenvalue weighted by Gasteiger charge is 2.49. The zero-order chi connectivity index (χ0) is 10.3. The van der Waals surface area contributed by atoms with Crippen molar-refractivity contribution in [3.63, 3.8) is 0 Å². The molecule has 1 N–H and O–H groups in total. The maximum Gasteiger partial charge on any atom is 0.224 e. The SMILES string of the molecule is O=C1CC[C@@]2(c3ccccc3)NCCN12. The Morgan fingerprint density at radius 2 is 2.07 bits per heavy atom. The van der Waals surface area contributed by atoms with Crippen LogP contribution in [0.15, 0.2) is 30.3 Å². The first-order valence-electron chi connectivity index (χ1n) is 5.44. The fourth-order valence-corrected chi connectivity index (χ4v) is 2.76. The molecular weight excluding hydrogens is 188 g/mol. The Balaban J connectivity index is 2.06. The second-order valence-electron chi connectivity index (χ2n) is 4.20. The summed E-state index contributed by atoms with van der Waals surface area (Å²) in [6.45, 7) is 1.74. The van der Waals surface area contributed by atoms with Crippen LogP contribution in [-0.2, 0) is 10.5 Å². The summed E-state index contributed by atoms with van der Waals surface area (Å²) in [4.78, 5) is 13.7. The van der Waals surface area contributed by atoms with Crippen molar-refractivity contribution in [3.05, 3.63) is 35.9 Å². The zero-order valence-corrected chi connectivity index (χ0v) is 8.57. The van der Waals surface area contributed by atoms with E-state index in [-0.39, 0.29) is 11.6 Å². The molecule has 0 spiro atoms. The molecule has 3 rings (SSSR count). The molecule has 2 heterocycles. The van der Waals surface area contributed by atoms with Gasteiger partial charge < -0.3 is 4.90 Å². The van der Waals surface area contributed by atoms with Crippen LogP contribution in [-0.4, -0.2) is 23.9 Å². The normalized spacial score (nSPS) is 29.6. The van der Waals surface area contributed by atoms with E-state index >= 15 is 0 Å². The molecule has 2 aliphatic heterocycles. The van der Waals surface area contributed by atoms with Crippen molar-refractivity contribution in [1.29, 1.82) is 0 Å². The van der Waals surface area contributed by atoms with Crippen molar-refractivity contribution in [2.24, 2.45) is 0 Å². The van der Waals surface area contributed by atoms with Crippen LogP contribution in [0.1, 0.15) is 18.4 Å². The number of amides is 1. The van der Waals surface area contributed by atoms with Crippen LogP contribution in [0.5, 0.6) is 0 Å². The van der Waals surface area contributed by atoms with E-state index in [1.165, 1.54) is 5.56 Å². The lowest BCUT2D eigenvalue weighted by Gasteiger charge is -2.32. The third-order valence-electron chi connectivity index (χ3n) is 3.47. The molecule has 1 aromatic carbocycles. The monoisotopic (exact) mass is 202 g/mol. The largest absolute Gasteiger partial charge is 0.319 e. The number of benzene rings is 1. The van der Waals surface area contributed by atoms with Gasteiger partial charge in [0.1, 0.15) is 5.66 Å². The van der Waals surface area contributed by atoms with Crippen molar-refractivity contribution >= 4 is 5.91 Å². The number of rotatable bonds is 1. The third kappa shape index (κ3) is 1.13. The van der Waals surface area contributed by atoms with E-state index in [1.54, 1.807) is 0 Å². The van der Waals surface area contributed by atoms with E-state index in [1.807, 2.05) is 23.1 Å². The summed E-state index contributed by atoms with van der Waals surface area (Å²) in [5.74, 6) is 0.281. The number of fused-ring (bicyclic) bond motifs is 1. The fraction of sp³-hybridized carbons (Fsp3) is 0.417. The molecule has 1 amide bonds. The molecule has 0 radical (unpaired) electrons. The van der Waals surface area contributed by atoms with Crippen LogP contribution in [0.25, 0.3) is 0 Å². The minimum atomic E-state index is -0.196. The van der Waals surface area contributed by atoms with Crippen LogP contribution in [0.3, 0.4) is 0 Å². The summed E-state index contributed by atoms with van der Waals surface area (Å²) in [7, 11) is 0. The molecule has 1 atom stereocenters. The third-order valence-corrected chi connectivity index (χ3v) is 3.47. The number of hydrogen-bond acceptors (Lipinski definition) is 2. The summed E-state index contributed by atoms with van der Waals surface area (Å²) >= 11 is 0. The molecule has 0 saturated carbocycles. The van der Waals surface area contributed by atoms with Gasteiger partial charge in [-0.15, -0.1) is 0 Å². The van der Waals surface area contributed by atoms with Crippen LogP contribution < -0.4 is 5.32 Å². The van der Waals surface area contributed by atoms with Gasteiger partial charge in [-0.1, -0.05) is 30.3 Å². The Bertz CT molecular complexity index is 390. The summed E-state index contributed by atoms with van der Waals surface area (Å²) in [6.07, 6.45) is 1.57. The molecule has 1 aromatic rings. The minimum absolute atomic E-state index is 0.196. The van der Waals surface area contributed by atoms with E-state index in [0.717, 1.165) is 19.5 Å². The van der Waals surface area contributed by atoms with Crippen molar-refractivity contribution in [3.8, 4) is 0 Å². The fourth-order valence-electron chi connectivity index (χ4n) is 2.76. The molecule has 0 bridgehead atoms. The minimum Gasteiger partial charge on any atom is -0.319 e. The first-order valence-corrected chi connectivity index (χ1v) is 5.44. The number of carbonyl (C=O) groups excluding carboxylic acids is 1. The molecular formula is C12H14N2O. The Labute approximate surface area is 89.1 Å². The second-order valence-corrected chi connectivity index (χ2v) is 4.20. The standard InChI is InChI=1S/C12H14N2O/c15-11-6-7-12(13-8-9-14(11)12)10-4-2-1-3-5-10/h1-5,13H,6-9H2/t12-/m1/s1. The molecule has 3 heteroatoms. The van der Waals surface area contributed by atoms with Crippen LogP contribution >= 0.6 is 0 Å². The molecule has 78 valence electrons. The van der Waals surface area contributed by atoms with Crippen molar-refractivity contribution in [2.45, 2.75) is 18.5 Å². The maximum atomic E-state index is 11.7. The Morgan fingerprint density at radius 3 is 2.87 bits per heavy atom. The predicted molar refractivity (Wildman–Crippen MR) is 57.1 cm³/mol. The number of carbonyl (C=O) groups is 1. The number of hydrogen-bond donors (Lipinski definition) is 1. The molecule has 3 nitrogen and oxygen atoms in total. The topological polar surface area (TPSA) is 32.3 Å². The Hall–Kier alpha value is -1.35. The molecule has 0 unspecified atom stereocenters. The van der Waals surface area contributed by atoms with Gasteiger partial charge >= 0.3 is 0 Å². The summed E-state index contributed by atoms with van der Waals surface area (Å²) in [5.41, 5.74) is 1.02. The average molecular weight is 202 g/mol. The van der Waals surface area contributed by atoms with Crippen LogP contribution in [0.2, 0.25) is 0 Å². The molecule has 15 heavy (non-hydrogen) atoms. The lowest BCUT2D eigenvalue weighted by atomic mass is 9.98. The lowest BCUT2D eigenvalue weighted by Crippen LogP contribution is -2.45. The predicted octanol–water partition coefficient (Wildman–Crippen LogP) is 1.06. The van der Waals surface area contributed by atoms with E-state index in [2.05, 4.69) is 17.4 Å². The molecule has 2 saturated heterocycles. The van der Waals surface area contributed by atoms with Gasteiger partial charge in [0, 0.05) is 19.5 Å². The average Bonchev–Trinajstić information content (AvgIpc) is 2.83. The second kappa shape index (κ2) is 3.07. The molecule has 0 aliphatic carbocycles. The van der Waals surface area contributed by atoms with Gasteiger partial charge in [0.15, 0.2) is 0 Å². The Morgan fingerprint density at radius 1 is 1.27 bits per heavy atom. The van der Waals surface area contributed by atoms with E-state index < -0.39 is 0 Å². The molecule has 2 aliphatic rings. The van der Waals surface area contributed by atoms with Gasteiger partial charge in [-0.2, -0.15) is 0 Å². The first-order chi connectivity index (χ1) is 7.33. The summed E-state index contributed by atoms with van der Waals surface area (Å²) in [5, 5.41) is 3.48. The smallest absolute Gasteiger partial charge is 0.224 e. The van der Waals surface area contributed by atoms with Gasteiger partial charge in [-0.3, -0.25) is 10.1 Å². The zero-order valence-electron chi connectivity index (χ0n) is 8.57. The van der Waals surface area contributed by atoms with E-state index in [0.29, 0.717) is 6.42 Å². The van der Waals surface area contributed by atoms with Crippen LogP contribution in [0.4, 0.5) is 0 Å². The quantitative estimate of drug-likeness (QED) is 0.738. The Kier molecular flexibility index (Phi) is 1.83. The van der Waals surface area contributed by atoms with Gasteiger partial charge in [-0.05, 0) is 12.0 Å². The first kappa shape index (κ1) is 8.92. The van der Waals surface area contributed by atoms with Gasteiger partial charge in [0.05, 0.1) is 0 Å². The summed E-state index contributed by atoms with van der Waals surface area (Å²) < 4.78 is 0. The highest BCUT2D eigenvalue weighted by atomic mass is 16.2. The van der Waals surface area contributed by atoms with E-state index in [4.69, 9.17) is 0 Å². The highest BCUT2D eigenvalue weighted by Crippen LogP contribution is 2.39. The highest BCUT2D eigenvalue weighted by molar-refractivity contribution is 5.80. The van der Waals surface area contributed by atoms with Crippen LogP contribution in [0, 0.1) is 0 Å². The summed E-state index contributed by atoms with van der Waals surface area (Å²) in [6, 6.07) is 10.3. The number of nitrogens with one attached hydrogen (secondary N) is 1. The van der Waals surface area contributed by atoms with Gasteiger partial charge in [-0.25, -0.2) is 0 Å².